The van der Waals surface area contributed by atoms with E-state index < -0.39 is 0 Å². The predicted octanol–water partition coefficient (Wildman–Crippen LogP) is 11.6. The van der Waals surface area contributed by atoms with Crippen molar-refractivity contribution in [1.82, 2.24) is 5.43 Å². The standard InChI is InChI=1S/C47H38N4S/c1-30-17-14-15-28-51(34-23-16-22-33(29-34)43(31-18-6-4-7-19-31)49-46(50-48)32-20-8-5-9-21-32)44-39(30)40-35-24-10-12-26-37(35)47(2,3)42(40)41-36-25-11-13-27-38(36)52-45(41)44/h4-29,43H,1,48H2,2-3H3,(H,49,50)/b17-14-,28-15-. The second-order valence-corrected chi connectivity index (χ2v) is 15.0. The molecule has 5 heteroatoms. The van der Waals surface area contributed by atoms with E-state index in [1.54, 1.807) is 0 Å². The summed E-state index contributed by atoms with van der Waals surface area (Å²) in [6, 6.07) is 46.7. The van der Waals surface area contributed by atoms with E-state index in [4.69, 9.17) is 17.4 Å². The van der Waals surface area contributed by atoms with Gasteiger partial charge < -0.3 is 10.3 Å². The molecule has 2 heterocycles. The van der Waals surface area contributed by atoms with E-state index in [0.29, 0.717) is 5.84 Å². The molecule has 252 valence electrons. The molecule has 1 aliphatic heterocycles. The summed E-state index contributed by atoms with van der Waals surface area (Å²) in [4.78, 5) is 7.63. The zero-order valence-corrected chi connectivity index (χ0v) is 30.0. The van der Waals surface area contributed by atoms with Gasteiger partial charge in [-0.1, -0.05) is 148 Å². The van der Waals surface area contributed by atoms with Gasteiger partial charge in [0.1, 0.15) is 11.9 Å². The van der Waals surface area contributed by atoms with Crippen LogP contribution in [0.1, 0.15) is 53.3 Å². The summed E-state index contributed by atoms with van der Waals surface area (Å²) in [5.74, 6) is 6.75. The highest BCUT2D eigenvalue weighted by Gasteiger charge is 2.41. The largest absolute Gasteiger partial charge is 0.315 e. The Morgan fingerprint density at radius 2 is 1.50 bits per heavy atom. The minimum atomic E-state index is -0.308. The summed E-state index contributed by atoms with van der Waals surface area (Å²) in [7, 11) is 0. The van der Waals surface area contributed by atoms with Crippen molar-refractivity contribution in [2.45, 2.75) is 25.3 Å². The Morgan fingerprint density at radius 3 is 2.31 bits per heavy atom. The number of rotatable bonds is 5. The quantitative estimate of drug-likeness (QED) is 0.0818. The number of allylic oxidation sites excluding steroid dienone is 4. The molecular formula is C47H38N4S. The average Bonchev–Trinajstić information content (AvgIpc) is 3.67. The van der Waals surface area contributed by atoms with Crippen LogP contribution in [0.15, 0.2) is 169 Å². The molecule has 52 heavy (non-hydrogen) atoms. The van der Waals surface area contributed by atoms with Crippen LogP contribution in [0.25, 0.3) is 36.9 Å². The maximum Gasteiger partial charge on any atom is 0.143 e. The third-order valence-corrected chi connectivity index (χ3v) is 11.7. The number of hydrazine groups is 1. The van der Waals surface area contributed by atoms with Crippen molar-refractivity contribution >= 4 is 54.3 Å². The number of fused-ring (bicyclic) bond motifs is 10. The highest BCUT2D eigenvalue weighted by atomic mass is 32.1. The molecule has 0 saturated carbocycles. The lowest BCUT2D eigenvalue weighted by molar-refractivity contribution is 0.666. The normalized spacial score (nSPS) is 16.5. The van der Waals surface area contributed by atoms with Crippen molar-refractivity contribution < 1.29 is 0 Å². The van der Waals surface area contributed by atoms with Crippen molar-refractivity contribution in [3.63, 3.8) is 0 Å². The first kappa shape index (κ1) is 31.9. The Kier molecular flexibility index (Phi) is 7.76. The number of anilines is 2. The van der Waals surface area contributed by atoms with Crippen molar-refractivity contribution in [2.24, 2.45) is 10.8 Å². The van der Waals surface area contributed by atoms with Crippen LogP contribution in [0.5, 0.6) is 0 Å². The fraction of sp³-hybridized carbons (Fsp3) is 0.0851. The van der Waals surface area contributed by atoms with Gasteiger partial charge in [0.2, 0.25) is 0 Å². The van der Waals surface area contributed by atoms with Crippen LogP contribution in [0.3, 0.4) is 0 Å². The number of benzene rings is 6. The molecule has 0 amide bonds. The number of nitrogens with one attached hydrogen (secondary N) is 1. The Morgan fingerprint density at radius 1 is 0.788 bits per heavy atom. The highest BCUT2D eigenvalue weighted by molar-refractivity contribution is 7.26. The first-order valence-corrected chi connectivity index (χ1v) is 18.5. The molecule has 3 N–H and O–H groups in total. The lowest BCUT2D eigenvalue weighted by Gasteiger charge is -2.30. The predicted molar refractivity (Wildman–Crippen MR) is 221 cm³/mol. The van der Waals surface area contributed by atoms with Crippen molar-refractivity contribution in [3.05, 3.63) is 198 Å². The van der Waals surface area contributed by atoms with E-state index in [1.165, 1.54) is 48.0 Å². The molecule has 0 fully saturated rings. The summed E-state index contributed by atoms with van der Waals surface area (Å²) in [6.45, 7) is 9.48. The van der Waals surface area contributed by atoms with Gasteiger partial charge in [0, 0.05) is 43.9 Å². The van der Waals surface area contributed by atoms with Crippen molar-refractivity contribution in [3.8, 4) is 11.1 Å². The lowest BCUT2D eigenvalue weighted by atomic mass is 9.79. The second-order valence-electron chi connectivity index (χ2n) is 13.9. The third-order valence-electron chi connectivity index (χ3n) is 10.5. The van der Waals surface area contributed by atoms with Gasteiger partial charge in [-0.3, -0.25) is 4.99 Å². The molecule has 1 aliphatic carbocycles. The Bertz CT molecular complexity index is 2610. The maximum atomic E-state index is 6.13. The zero-order chi connectivity index (χ0) is 35.4. The van der Waals surface area contributed by atoms with E-state index in [-0.39, 0.29) is 11.5 Å². The molecule has 0 bridgehead atoms. The minimum Gasteiger partial charge on any atom is -0.315 e. The van der Waals surface area contributed by atoms with Crippen LogP contribution in [-0.4, -0.2) is 5.84 Å². The summed E-state index contributed by atoms with van der Waals surface area (Å²) in [5.41, 5.74) is 15.4. The van der Waals surface area contributed by atoms with Gasteiger partial charge in [0.05, 0.1) is 10.4 Å². The summed E-state index contributed by atoms with van der Waals surface area (Å²) >= 11 is 1.87. The summed E-state index contributed by atoms with van der Waals surface area (Å²) in [6.07, 6.45) is 8.57. The molecule has 1 unspecified atom stereocenters. The van der Waals surface area contributed by atoms with Crippen molar-refractivity contribution in [2.75, 3.05) is 4.90 Å². The summed E-state index contributed by atoms with van der Waals surface area (Å²) in [5, 5.41) is 2.63. The zero-order valence-electron chi connectivity index (χ0n) is 29.2. The number of amidine groups is 1. The first-order chi connectivity index (χ1) is 25.5. The van der Waals surface area contributed by atoms with Crippen LogP contribution in [0.2, 0.25) is 0 Å². The Labute approximate surface area is 308 Å². The Hall–Kier alpha value is -6.01. The molecule has 0 radical (unpaired) electrons. The number of nitrogens with two attached hydrogens (primary N) is 1. The number of nitrogens with zero attached hydrogens (tertiary/aromatic N) is 2. The van der Waals surface area contributed by atoms with Gasteiger partial charge >= 0.3 is 0 Å². The summed E-state index contributed by atoms with van der Waals surface area (Å²) < 4.78 is 2.54. The smallest absolute Gasteiger partial charge is 0.143 e. The van der Waals surface area contributed by atoms with Gasteiger partial charge in [0.25, 0.3) is 0 Å². The molecule has 4 nitrogen and oxygen atoms in total. The fourth-order valence-corrected chi connectivity index (χ4v) is 9.44. The van der Waals surface area contributed by atoms with Gasteiger partial charge in [-0.15, -0.1) is 11.3 Å². The average molecular weight is 691 g/mol. The van der Waals surface area contributed by atoms with E-state index in [2.05, 4.69) is 146 Å². The monoisotopic (exact) mass is 690 g/mol. The number of thiophene rings is 1. The molecule has 6 aromatic carbocycles. The van der Waals surface area contributed by atoms with Gasteiger partial charge in [-0.2, -0.15) is 0 Å². The van der Waals surface area contributed by atoms with Crippen molar-refractivity contribution in [1.29, 1.82) is 0 Å². The molecule has 1 aromatic heterocycles. The number of hydrogen-bond donors (Lipinski definition) is 2. The van der Waals surface area contributed by atoms with Crippen LogP contribution >= 0.6 is 11.3 Å². The maximum absolute atomic E-state index is 6.13. The van der Waals surface area contributed by atoms with Crippen LogP contribution in [-0.2, 0) is 5.41 Å². The van der Waals surface area contributed by atoms with Gasteiger partial charge in [-0.05, 0) is 63.2 Å². The number of hydrogen-bond acceptors (Lipinski definition) is 4. The minimum absolute atomic E-state index is 0.190. The molecule has 2 aliphatic rings. The van der Waals surface area contributed by atoms with E-state index in [0.717, 1.165) is 33.6 Å². The Balaban J connectivity index is 1.32. The topological polar surface area (TPSA) is 53.6 Å². The molecule has 9 rings (SSSR count). The van der Waals surface area contributed by atoms with Crippen LogP contribution in [0.4, 0.5) is 11.4 Å². The third kappa shape index (κ3) is 5.04. The fourth-order valence-electron chi connectivity index (χ4n) is 8.18. The van der Waals surface area contributed by atoms with Gasteiger partial charge in [-0.25, -0.2) is 5.84 Å². The second kappa shape index (κ2) is 12.6. The number of aliphatic imine (C=N–C) groups is 1. The molecule has 0 spiro atoms. The molecular weight excluding hydrogens is 653 g/mol. The molecule has 1 atom stereocenters. The molecule has 0 saturated heterocycles. The van der Waals surface area contributed by atoms with Gasteiger partial charge in [0.15, 0.2) is 0 Å². The highest BCUT2D eigenvalue weighted by Crippen LogP contribution is 2.60. The SMILES string of the molecule is C=C1/C=C\C=C/N(c2cccc(C(N=C(NN)c3ccccc3)c3ccccc3)c2)c2c1c1c(c3c2sc2ccccc23)C(C)(C)c2ccccc2-1. The van der Waals surface area contributed by atoms with E-state index >= 15 is 0 Å². The molecule has 7 aromatic rings. The first-order valence-electron chi connectivity index (χ1n) is 17.7. The van der Waals surface area contributed by atoms with Crippen LogP contribution < -0.4 is 16.2 Å². The van der Waals surface area contributed by atoms with E-state index in [1.807, 2.05) is 47.7 Å². The lowest BCUT2D eigenvalue weighted by Crippen LogP contribution is -2.31. The van der Waals surface area contributed by atoms with E-state index in [9.17, 15) is 0 Å². The van der Waals surface area contributed by atoms with Crippen LogP contribution in [0, 0.1) is 0 Å².